The summed E-state index contributed by atoms with van der Waals surface area (Å²) in [6.07, 6.45) is 8.34. The molecule has 0 aromatic heterocycles. The third-order valence-electron chi connectivity index (χ3n) is 4.60. The van der Waals surface area contributed by atoms with Crippen molar-refractivity contribution >= 4 is 8.24 Å². The van der Waals surface area contributed by atoms with Crippen LogP contribution in [0.2, 0.25) is 18.1 Å². The summed E-state index contributed by atoms with van der Waals surface area (Å²) in [7, 11) is -1.80. The average molecular weight is 293 g/mol. The van der Waals surface area contributed by atoms with Crippen LogP contribution in [0.1, 0.15) is 20.3 Å². The first-order valence-corrected chi connectivity index (χ1v) is 9.86. The predicted octanol–water partition coefficient (Wildman–Crippen LogP) is 3.90. The van der Waals surface area contributed by atoms with Gasteiger partial charge in [0.2, 0.25) is 0 Å². The van der Waals surface area contributed by atoms with Crippen molar-refractivity contribution in [1.29, 1.82) is 0 Å². The molecule has 1 rings (SSSR count). The van der Waals surface area contributed by atoms with Crippen molar-refractivity contribution in [3.05, 3.63) is 51.1 Å². The minimum Gasteiger partial charge on any atom is -0.302 e. The Balaban J connectivity index is 3.38. The van der Waals surface area contributed by atoms with Crippen LogP contribution < -0.4 is 0 Å². The molecule has 0 radical (unpaired) electrons. The standard InChI is InChI=1S/C15H28N4Si/c1-9-16-14-13-15(5,6)20(7,8)19(12-4)18(11-3)17(16)10-2/h9-12H,1-4,13-14H2,5-8H3. The lowest BCUT2D eigenvalue weighted by Gasteiger charge is -2.57. The molecule has 0 N–H and O–H groups in total. The maximum atomic E-state index is 4.00. The molecule has 0 aromatic rings. The first-order chi connectivity index (χ1) is 9.26. The number of hydrazine groups is 3. The zero-order valence-corrected chi connectivity index (χ0v) is 14.3. The van der Waals surface area contributed by atoms with Crippen molar-refractivity contribution in [2.45, 2.75) is 38.4 Å². The zero-order chi connectivity index (χ0) is 15.6. The SMILES string of the molecule is C=CN1CCC(C)(C)[Si](C)(C)N(C=C)N(C=C)N1C=C. The lowest BCUT2D eigenvalue weighted by molar-refractivity contribution is -0.165. The van der Waals surface area contributed by atoms with Gasteiger partial charge in [-0.3, -0.25) is 5.01 Å². The highest BCUT2D eigenvalue weighted by Crippen LogP contribution is 2.44. The van der Waals surface area contributed by atoms with Crippen molar-refractivity contribution < 1.29 is 0 Å². The Bertz CT molecular complexity index is 403. The Morgan fingerprint density at radius 2 is 1.45 bits per heavy atom. The second-order valence-electron chi connectivity index (χ2n) is 6.07. The van der Waals surface area contributed by atoms with Gasteiger partial charge >= 0.3 is 0 Å². The van der Waals surface area contributed by atoms with E-state index in [1.165, 1.54) is 0 Å². The molecule has 4 nitrogen and oxygen atoms in total. The van der Waals surface area contributed by atoms with E-state index in [9.17, 15) is 0 Å². The molecule has 20 heavy (non-hydrogen) atoms. The van der Waals surface area contributed by atoms with Crippen LogP contribution >= 0.6 is 0 Å². The van der Waals surface area contributed by atoms with Gasteiger partial charge in [0.15, 0.2) is 8.24 Å². The van der Waals surface area contributed by atoms with Crippen LogP contribution in [0.5, 0.6) is 0 Å². The molecular formula is C15H28N4Si. The highest BCUT2D eigenvalue weighted by molar-refractivity contribution is 6.77. The van der Waals surface area contributed by atoms with Crippen LogP contribution in [-0.4, -0.2) is 34.7 Å². The average Bonchev–Trinajstić information content (AvgIpc) is 2.39. The monoisotopic (exact) mass is 292 g/mol. The summed E-state index contributed by atoms with van der Waals surface area (Å²) in [5.41, 5.74) is 0. The fourth-order valence-electron chi connectivity index (χ4n) is 2.43. The summed E-state index contributed by atoms with van der Waals surface area (Å²) in [5, 5.41) is 6.15. The van der Waals surface area contributed by atoms with Crippen LogP contribution in [0.4, 0.5) is 0 Å². The van der Waals surface area contributed by atoms with Crippen molar-refractivity contribution in [1.82, 2.24) is 19.9 Å². The topological polar surface area (TPSA) is 13.0 Å². The molecule has 5 heteroatoms. The van der Waals surface area contributed by atoms with E-state index < -0.39 is 8.24 Å². The van der Waals surface area contributed by atoms with Crippen LogP contribution in [0.25, 0.3) is 0 Å². The first kappa shape index (κ1) is 16.4. The minimum atomic E-state index is -1.80. The normalized spacial score (nSPS) is 21.8. The van der Waals surface area contributed by atoms with E-state index in [4.69, 9.17) is 0 Å². The van der Waals surface area contributed by atoms with E-state index in [2.05, 4.69) is 57.9 Å². The van der Waals surface area contributed by atoms with Gasteiger partial charge in [-0.15, -0.1) is 0 Å². The van der Waals surface area contributed by atoms with E-state index >= 15 is 0 Å². The first-order valence-electron chi connectivity index (χ1n) is 6.91. The zero-order valence-electron chi connectivity index (χ0n) is 13.3. The number of hydrogen-bond acceptors (Lipinski definition) is 4. The summed E-state index contributed by atoms with van der Waals surface area (Å²) in [6, 6.07) is 0. The van der Waals surface area contributed by atoms with Gasteiger partial charge in [-0.25, -0.2) is 0 Å². The lowest BCUT2D eigenvalue weighted by atomic mass is 10.1. The summed E-state index contributed by atoms with van der Waals surface area (Å²) in [5.74, 6) is 0. The molecule has 0 spiro atoms. The predicted molar refractivity (Wildman–Crippen MR) is 89.2 cm³/mol. The van der Waals surface area contributed by atoms with E-state index in [1.807, 2.05) is 27.6 Å². The maximum absolute atomic E-state index is 4.00. The number of hydrogen-bond donors (Lipinski definition) is 0. The Labute approximate surface area is 124 Å². The Morgan fingerprint density at radius 1 is 0.900 bits per heavy atom. The Morgan fingerprint density at radius 3 is 1.85 bits per heavy atom. The van der Waals surface area contributed by atoms with E-state index in [0.717, 1.165) is 13.0 Å². The third-order valence-corrected chi connectivity index (χ3v) is 9.69. The van der Waals surface area contributed by atoms with Gasteiger partial charge in [0.1, 0.15) is 0 Å². The molecule has 1 heterocycles. The van der Waals surface area contributed by atoms with E-state index in [1.54, 1.807) is 12.4 Å². The third kappa shape index (κ3) is 2.50. The number of rotatable bonds is 4. The molecule has 0 aliphatic carbocycles. The van der Waals surface area contributed by atoms with Crippen LogP contribution in [0.15, 0.2) is 51.1 Å². The van der Waals surface area contributed by atoms with Crippen LogP contribution in [0, 0.1) is 0 Å². The summed E-state index contributed by atoms with van der Waals surface area (Å²) < 4.78 is 2.22. The molecule has 1 aliphatic heterocycles. The minimum absolute atomic E-state index is 0.219. The molecule has 0 unspecified atom stereocenters. The lowest BCUT2D eigenvalue weighted by Crippen LogP contribution is -2.65. The molecule has 1 fully saturated rings. The Kier molecular flexibility index (Phi) is 4.75. The van der Waals surface area contributed by atoms with Gasteiger partial charge in [0.05, 0.1) is 0 Å². The number of nitrogens with zero attached hydrogens (tertiary/aromatic N) is 4. The van der Waals surface area contributed by atoms with E-state index in [0.29, 0.717) is 0 Å². The highest BCUT2D eigenvalue weighted by atomic mass is 28.3. The quantitative estimate of drug-likeness (QED) is 0.728. The van der Waals surface area contributed by atoms with Gasteiger partial charge < -0.3 is 4.67 Å². The second kappa shape index (κ2) is 5.79. The maximum Gasteiger partial charge on any atom is 0.184 e. The molecule has 112 valence electrons. The molecule has 0 aromatic carbocycles. The van der Waals surface area contributed by atoms with Gasteiger partial charge in [-0.2, -0.15) is 10.2 Å². The highest BCUT2D eigenvalue weighted by Gasteiger charge is 2.47. The summed E-state index contributed by atoms with van der Waals surface area (Å²) in [6.45, 7) is 26.0. The Hall–Kier alpha value is -1.62. The van der Waals surface area contributed by atoms with E-state index in [-0.39, 0.29) is 5.04 Å². The van der Waals surface area contributed by atoms with Crippen LogP contribution in [-0.2, 0) is 0 Å². The summed E-state index contributed by atoms with van der Waals surface area (Å²) >= 11 is 0. The van der Waals surface area contributed by atoms with Crippen molar-refractivity contribution in [3.63, 3.8) is 0 Å². The largest absolute Gasteiger partial charge is 0.302 e. The van der Waals surface area contributed by atoms with Gasteiger partial charge in [-0.1, -0.05) is 40.2 Å². The molecule has 0 amide bonds. The van der Waals surface area contributed by atoms with Gasteiger partial charge in [0, 0.05) is 31.3 Å². The molecular weight excluding hydrogens is 264 g/mol. The van der Waals surface area contributed by atoms with Gasteiger partial charge in [-0.05, 0) is 24.6 Å². The van der Waals surface area contributed by atoms with Crippen molar-refractivity contribution in [2.24, 2.45) is 0 Å². The molecule has 1 aliphatic rings. The van der Waals surface area contributed by atoms with Crippen LogP contribution in [0.3, 0.4) is 0 Å². The van der Waals surface area contributed by atoms with Crippen molar-refractivity contribution in [3.8, 4) is 0 Å². The molecule has 0 atom stereocenters. The molecule has 0 saturated carbocycles. The van der Waals surface area contributed by atoms with Gasteiger partial charge in [0.25, 0.3) is 0 Å². The fraction of sp³-hybridized carbons (Fsp3) is 0.467. The molecule has 0 bridgehead atoms. The smallest absolute Gasteiger partial charge is 0.184 e. The summed E-state index contributed by atoms with van der Waals surface area (Å²) in [4.78, 5) is 0. The molecule has 1 saturated heterocycles. The van der Waals surface area contributed by atoms with Crippen molar-refractivity contribution in [2.75, 3.05) is 6.54 Å². The fourth-order valence-corrected chi connectivity index (χ4v) is 4.92. The second-order valence-corrected chi connectivity index (χ2v) is 11.0.